The van der Waals surface area contributed by atoms with Crippen molar-refractivity contribution in [1.82, 2.24) is 9.55 Å². The topological polar surface area (TPSA) is 110 Å². The molecule has 0 saturated carbocycles. The van der Waals surface area contributed by atoms with Gasteiger partial charge in [-0.1, -0.05) is 36.4 Å². The molecule has 0 spiro atoms. The largest absolute Gasteiger partial charge is 0.383 e. The number of hydrogen-bond acceptors (Lipinski definition) is 5. The lowest BCUT2D eigenvalue weighted by atomic mass is 10.1. The molecule has 0 unspecified atom stereocenters. The molecule has 0 atom stereocenters. The summed E-state index contributed by atoms with van der Waals surface area (Å²) in [4.78, 5) is 42.1. The zero-order valence-electron chi connectivity index (χ0n) is 17.8. The van der Waals surface area contributed by atoms with Gasteiger partial charge >= 0.3 is 5.69 Å². The Labute approximate surface area is 179 Å². The number of H-pyrrole nitrogens is 1. The molecule has 31 heavy (non-hydrogen) atoms. The molecule has 8 heteroatoms. The van der Waals surface area contributed by atoms with Gasteiger partial charge in [-0.2, -0.15) is 0 Å². The summed E-state index contributed by atoms with van der Waals surface area (Å²) >= 11 is 0. The summed E-state index contributed by atoms with van der Waals surface area (Å²) in [5.74, 6) is -0.479. The number of ether oxygens (including phenoxy) is 1. The molecule has 0 bridgehead atoms. The number of methoxy groups -OCH3 is 1. The lowest BCUT2D eigenvalue weighted by molar-refractivity contribution is 0.0975. The maximum absolute atomic E-state index is 13.3. The number of nitrogens with two attached hydrogens (primary N) is 1. The van der Waals surface area contributed by atoms with E-state index in [0.29, 0.717) is 5.56 Å². The van der Waals surface area contributed by atoms with E-state index in [4.69, 9.17) is 10.5 Å². The fourth-order valence-corrected chi connectivity index (χ4v) is 3.29. The molecule has 0 radical (unpaired) electrons. The van der Waals surface area contributed by atoms with E-state index in [0.717, 1.165) is 16.7 Å². The summed E-state index contributed by atoms with van der Waals surface area (Å²) in [6, 6.07) is 14.6. The van der Waals surface area contributed by atoms with Gasteiger partial charge in [0.25, 0.3) is 11.5 Å². The summed E-state index contributed by atoms with van der Waals surface area (Å²) < 4.78 is 6.39. The predicted molar refractivity (Wildman–Crippen MR) is 121 cm³/mol. The zero-order chi connectivity index (χ0) is 22.5. The van der Waals surface area contributed by atoms with Crippen LogP contribution in [0.1, 0.15) is 27.0 Å². The van der Waals surface area contributed by atoms with Gasteiger partial charge in [0, 0.05) is 19.2 Å². The predicted octanol–water partition coefficient (Wildman–Crippen LogP) is 2.08. The van der Waals surface area contributed by atoms with Gasteiger partial charge in [-0.3, -0.25) is 24.0 Å². The molecule has 0 aliphatic heterocycles. The molecule has 3 N–H and O–H groups in total. The van der Waals surface area contributed by atoms with Crippen LogP contribution in [0.15, 0.2) is 58.1 Å². The first-order valence-electron chi connectivity index (χ1n) is 9.88. The second kappa shape index (κ2) is 9.44. The number of amides is 1. The minimum atomic E-state index is -0.722. The molecule has 0 aliphatic rings. The summed E-state index contributed by atoms with van der Waals surface area (Å²) in [6.45, 7) is 4.30. The Kier molecular flexibility index (Phi) is 6.71. The third-order valence-corrected chi connectivity index (χ3v) is 5.19. The van der Waals surface area contributed by atoms with Crippen LogP contribution in [-0.4, -0.2) is 35.7 Å². The average molecular weight is 422 g/mol. The van der Waals surface area contributed by atoms with Crippen LogP contribution in [0.3, 0.4) is 0 Å². The van der Waals surface area contributed by atoms with Crippen molar-refractivity contribution < 1.29 is 9.53 Å². The summed E-state index contributed by atoms with van der Waals surface area (Å²) in [5, 5.41) is 0. The van der Waals surface area contributed by atoms with Gasteiger partial charge < -0.3 is 10.5 Å². The van der Waals surface area contributed by atoms with E-state index in [1.807, 2.05) is 50.2 Å². The molecule has 1 heterocycles. The van der Waals surface area contributed by atoms with Crippen molar-refractivity contribution in [3.8, 4) is 0 Å². The SMILES string of the molecule is COCCN(C(=O)c1ccc(C)c(C)c1)c1c(N)n(Cc2ccccc2)c(=O)[nH]c1=O. The Morgan fingerprint density at radius 3 is 2.45 bits per heavy atom. The van der Waals surface area contributed by atoms with Crippen molar-refractivity contribution in [3.05, 3.63) is 91.6 Å². The van der Waals surface area contributed by atoms with Gasteiger partial charge in [0.2, 0.25) is 0 Å². The quantitative estimate of drug-likeness (QED) is 0.606. The van der Waals surface area contributed by atoms with Crippen LogP contribution in [0, 0.1) is 13.8 Å². The standard InChI is InChI=1S/C23H26N4O4/c1-15-9-10-18(13-16(15)2)22(29)26(11-12-31-3)19-20(24)27(23(30)25-21(19)28)14-17-7-5-4-6-8-17/h4-10,13H,11-12,14,24H2,1-3H3,(H,25,28,30). The molecule has 3 aromatic rings. The molecular weight excluding hydrogens is 396 g/mol. The highest BCUT2D eigenvalue weighted by Gasteiger charge is 2.25. The molecule has 0 fully saturated rings. The highest BCUT2D eigenvalue weighted by atomic mass is 16.5. The van der Waals surface area contributed by atoms with Crippen LogP contribution >= 0.6 is 0 Å². The third-order valence-electron chi connectivity index (χ3n) is 5.19. The van der Waals surface area contributed by atoms with Gasteiger partial charge in [-0.05, 0) is 42.7 Å². The van der Waals surface area contributed by atoms with Crippen LogP contribution in [0.2, 0.25) is 0 Å². The van der Waals surface area contributed by atoms with E-state index >= 15 is 0 Å². The Morgan fingerprint density at radius 1 is 1.10 bits per heavy atom. The van der Waals surface area contributed by atoms with Crippen molar-refractivity contribution >= 4 is 17.4 Å². The van der Waals surface area contributed by atoms with Gasteiger partial charge in [0.1, 0.15) is 5.82 Å². The number of aromatic amines is 1. The van der Waals surface area contributed by atoms with Crippen LogP contribution < -0.4 is 21.9 Å². The number of nitrogens with one attached hydrogen (secondary N) is 1. The van der Waals surface area contributed by atoms with Crippen molar-refractivity contribution in [2.24, 2.45) is 0 Å². The molecule has 0 saturated heterocycles. The highest BCUT2D eigenvalue weighted by molar-refractivity contribution is 6.07. The van der Waals surface area contributed by atoms with Crippen LogP contribution in [-0.2, 0) is 11.3 Å². The number of nitrogen functional groups attached to an aromatic ring is 1. The second-order valence-electron chi connectivity index (χ2n) is 7.31. The molecule has 1 amide bonds. The average Bonchev–Trinajstić information content (AvgIpc) is 2.75. The van der Waals surface area contributed by atoms with Crippen molar-refractivity contribution in [1.29, 1.82) is 0 Å². The highest BCUT2D eigenvalue weighted by Crippen LogP contribution is 2.21. The minimum absolute atomic E-state index is 0.0733. The van der Waals surface area contributed by atoms with Gasteiger partial charge in [-0.15, -0.1) is 0 Å². The number of aryl methyl sites for hydroxylation is 2. The molecule has 3 rings (SSSR count). The molecular formula is C23H26N4O4. The van der Waals surface area contributed by atoms with Gasteiger partial charge in [0.05, 0.1) is 13.2 Å². The van der Waals surface area contributed by atoms with Gasteiger partial charge in [0.15, 0.2) is 5.69 Å². The van der Waals surface area contributed by atoms with Gasteiger partial charge in [-0.25, -0.2) is 4.79 Å². The van der Waals surface area contributed by atoms with E-state index in [1.54, 1.807) is 12.1 Å². The first-order chi connectivity index (χ1) is 14.8. The molecule has 162 valence electrons. The van der Waals surface area contributed by atoms with E-state index < -0.39 is 17.2 Å². The monoisotopic (exact) mass is 422 g/mol. The first-order valence-corrected chi connectivity index (χ1v) is 9.88. The minimum Gasteiger partial charge on any atom is -0.383 e. The maximum atomic E-state index is 13.3. The first kappa shape index (κ1) is 22.0. The lowest BCUT2D eigenvalue weighted by Crippen LogP contribution is -2.42. The van der Waals surface area contributed by atoms with Crippen molar-refractivity contribution in [2.45, 2.75) is 20.4 Å². The number of rotatable bonds is 7. The number of anilines is 2. The summed E-state index contributed by atoms with van der Waals surface area (Å²) in [5.41, 5.74) is 8.10. The number of aromatic nitrogens is 2. The third kappa shape index (κ3) is 4.75. The Bertz CT molecular complexity index is 1200. The number of carbonyl (C=O) groups is 1. The zero-order valence-corrected chi connectivity index (χ0v) is 17.8. The summed E-state index contributed by atoms with van der Waals surface area (Å²) in [6.07, 6.45) is 0. The number of nitrogens with zero attached hydrogens (tertiary/aromatic N) is 2. The number of hydrogen-bond donors (Lipinski definition) is 2. The van der Waals surface area contributed by atoms with Crippen molar-refractivity contribution in [3.63, 3.8) is 0 Å². The smallest absolute Gasteiger partial charge is 0.330 e. The fourth-order valence-electron chi connectivity index (χ4n) is 3.29. The van der Waals surface area contributed by atoms with Crippen LogP contribution in [0.4, 0.5) is 11.5 Å². The Balaban J connectivity index is 2.11. The molecule has 1 aromatic heterocycles. The lowest BCUT2D eigenvalue weighted by Gasteiger charge is -2.24. The summed E-state index contributed by atoms with van der Waals surface area (Å²) in [7, 11) is 1.50. The molecule has 8 nitrogen and oxygen atoms in total. The van der Waals surface area contributed by atoms with Crippen LogP contribution in [0.5, 0.6) is 0 Å². The Morgan fingerprint density at radius 2 is 1.81 bits per heavy atom. The maximum Gasteiger partial charge on any atom is 0.330 e. The number of benzene rings is 2. The van der Waals surface area contributed by atoms with Crippen LogP contribution in [0.25, 0.3) is 0 Å². The van der Waals surface area contributed by atoms with E-state index in [1.165, 1.54) is 16.6 Å². The number of carbonyl (C=O) groups excluding carboxylic acids is 1. The van der Waals surface area contributed by atoms with E-state index in [-0.39, 0.29) is 31.2 Å². The van der Waals surface area contributed by atoms with Crippen molar-refractivity contribution in [2.75, 3.05) is 30.9 Å². The van der Waals surface area contributed by atoms with E-state index in [9.17, 15) is 14.4 Å². The normalized spacial score (nSPS) is 10.8. The van der Waals surface area contributed by atoms with E-state index in [2.05, 4.69) is 4.98 Å². The fraction of sp³-hybridized carbons (Fsp3) is 0.261. The molecule has 2 aromatic carbocycles. The second-order valence-corrected chi connectivity index (χ2v) is 7.31. The Hall–Kier alpha value is -3.65. The molecule has 0 aliphatic carbocycles.